The van der Waals surface area contributed by atoms with E-state index in [-0.39, 0.29) is 35.9 Å². The Morgan fingerprint density at radius 1 is 1.30 bits per heavy atom. The summed E-state index contributed by atoms with van der Waals surface area (Å²) in [6, 6.07) is 3.54. The zero-order valence-corrected chi connectivity index (χ0v) is 17.2. The molecule has 3 rings (SSSR count). The van der Waals surface area contributed by atoms with E-state index in [4.69, 9.17) is 4.74 Å². The second-order valence-electron chi connectivity index (χ2n) is 6.98. The number of allylic oxidation sites excluding steroid dienone is 1. The first kappa shape index (κ1) is 22.0. The van der Waals surface area contributed by atoms with Crippen LogP contribution in [0.2, 0.25) is 0 Å². The van der Waals surface area contributed by atoms with Crippen LogP contribution in [0.5, 0.6) is 5.75 Å². The summed E-state index contributed by atoms with van der Waals surface area (Å²) in [6.07, 6.45) is 0.271. The molecule has 0 spiro atoms. The van der Waals surface area contributed by atoms with E-state index in [1.54, 1.807) is 13.8 Å². The second-order valence-corrected chi connectivity index (χ2v) is 9.21. The van der Waals surface area contributed by atoms with Crippen molar-refractivity contribution in [3.05, 3.63) is 41.1 Å². The van der Waals surface area contributed by atoms with Gasteiger partial charge in [0, 0.05) is 5.70 Å². The lowest BCUT2D eigenvalue weighted by Gasteiger charge is -2.38. The number of rotatable bonds is 6. The lowest BCUT2D eigenvalue weighted by atomic mass is 9.94. The maximum absolute atomic E-state index is 12.8. The van der Waals surface area contributed by atoms with E-state index in [2.05, 4.69) is 10.1 Å². The Labute approximate surface area is 172 Å². The number of hydrogen-bond acceptors (Lipinski definition) is 6. The van der Waals surface area contributed by atoms with Crippen LogP contribution >= 0.6 is 0 Å². The van der Waals surface area contributed by atoms with Gasteiger partial charge in [0.2, 0.25) is 0 Å². The molecule has 164 valence electrons. The molecular weight excluding hydrogens is 422 g/mol. The minimum atomic E-state index is -3.26. The molecule has 0 radical (unpaired) electrons. The molecule has 2 atom stereocenters. The molecule has 1 aromatic rings. The fourth-order valence-corrected chi connectivity index (χ4v) is 5.44. The smallest absolute Gasteiger partial charge is 0.387 e. The van der Waals surface area contributed by atoms with Gasteiger partial charge in [0.05, 0.1) is 35.8 Å². The van der Waals surface area contributed by atoms with Gasteiger partial charge in [0.15, 0.2) is 9.84 Å². The van der Waals surface area contributed by atoms with Crippen molar-refractivity contribution in [1.82, 2.24) is 10.2 Å². The highest BCUT2D eigenvalue weighted by Gasteiger charge is 2.42. The quantitative estimate of drug-likeness (QED) is 0.676. The normalized spacial score (nSPS) is 23.5. The van der Waals surface area contributed by atoms with Crippen LogP contribution in [0, 0.1) is 0 Å². The van der Waals surface area contributed by atoms with Crippen molar-refractivity contribution in [2.45, 2.75) is 39.0 Å². The summed E-state index contributed by atoms with van der Waals surface area (Å²) < 4.78 is 58.0. The third kappa shape index (κ3) is 4.55. The molecule has 1 N–H and O–H groups in total. The summed E-state index contributed by atoms with van der Waals surface area (Å²) in [7, 11) is -3.26. The Kier molecular flexibility index (Phi) is 6.30. The summed E-state index contributed by atoms with van der Waals surface area (Å²) in [5.74, 6) is -0.928. The number of benzene rings is 1. The molecule has 2 amide bonds. The largest absolute Gasteiger partial charge is 0.463 e. The molecule has 2 aliphatic heterocycles. The van der Waals surface area contributed by atoms with Crippen LogP contribution < -0.4 is 10.1 Å². The number of urea groups is 1. The van der Waals surface area contributed by atoms with Crippen LogP contribution in [0.15, 0.2) is 35.5 Å². The minimum Gasteiger partial charge on any atom is -0.463 e. The predicted octanol–water partition coefficient (Wildman–Crippen LogP) is 2.38. The second kappa shape index (κ2) is 8.58. The molecular formula is C19H22F2N2O6S. The molecule has 1 aromatic carbocycles. The number of nitrogens with one attached hydrogen (secondary N) is 1. The number of sulfone groups is 1. The van der Waals surface area contributed by atoms with E-state index in [1.807, 2.05) is 0 Å². The lowest BCUT2D eigenvalue weighted by molar-refractivity contribution is -0.139. The highest BCUT2D eigenvalue weighted by molar-refractivity contribution is 7.91. The number of esters is 1. The van der Waals surface area contributed by atoms with Crippen molar-refractivity contribution < 1.29 is 36.3 Å². The summed E-state index contributed by atoms with van der Waals surface area (Å²) in [4.78, 5) is 26.8. The average Bonchev–Trinajstić information content (AvgIpc) is 3.01. The highest BCUT2D eigenvalue weighted by Crippen LogP contribution is 2.35. The molecule has 1 saturated heterocycles. The Bertz CT molecular complexity index is 962. The van der Waals surface area contributed by atoms with Gasteiger partial charge in [-0.15, -0.1) is 0 Å². The molecule has 0 unspecified atom stereocenters. The Hall–Kier alpha value is -2.69. The Morgan fingerprint density at radius 2 is 1.97 bits per heavy atom. The third-order valence-electron chi connectivity index (χ3n) is 5.03. The first-order chi connectivity index (χ1) is 14.1. The van der Waals surface area contributed by atoms with Crippen molar-refractivity contribution in [3.8, 4) is 5.75 Å². The van der Waals surface area contributed by atoms with Gasteiger partial charge in [0.25, 0.3) is 0 Å². The summed E-state index contributed by atoms with van der Waals surface area (Å²) >= 11 is 0. The standard InChI is InChI=1S/C19H22F2N2O6S/c1-3-28-17(24)15-11(2)23(13-8-9-30(26,27)10-13)19(25)22-16(15)12-4-6-14(7-5-12)29-18(20)21/h4-7,13,16,18H,3,8-10H2,1-2H3,(H,22,25)/t13-,16+/m1/s1. The third-order valence-corrected chi connectivity index (χ3v) is 6.78. The number of carbonyl (C=O) groups excluding carboxylic acids is 2. The monoisotopic (exact) mass is 444 g/mol. The number of nitrogens with zero attached hydrogens (tertiary/aromatic N) is 1. The Morgan fingerprint density at radius 3 is 2.50 bits per heavy atom. The summed E-state index contributed by atoms with van der Waals surface area (Å²) in [5, 5.41) is 2.71. The fraction of sp³-hybridized carbons (Fsp3) is 0.474. The van der Waals surface area contributed by atoms with Gasteiger partial charge < -0.3 is 14.8 Å². The first-order valence-corrected chi connectivity index (χ1v) is 11.2. The van der Waals surface area contributed by atoms with Crippen molar-refractivity contribution in [2.24, 2.45) is 0 Å². The van der Waals surface area contributed by atoms with Gasteiger partial charge in [-0.3, -0.25) is 4.90 Å². The van der Waals surface area contributed by atoms with Gasteiger partial charge in [-0.1, -0.05) is 12.1 Å². The average molecular weight is 444 g/mol. The molecule has 0 bridgehead atoms. The van der Waals surface area contributed by atoms with E-state index in [1.165, 1.54) is 29.2 Å². The Balaban J connectivity index is 1.99. The zero-order valence-electron chi connectivity index (χ0n) is 16.4. The number of ether oxygens (including phenoxy) is 2. The van der Waals surface area contributed by atoms with Gasteiger partial charge >= 0.3 is 18.6 Å². The predicted molar refractivity (Wildman–Crippen MR) is 103 cm³/mol. The van der Waals surface area contributed by atoms with Crippen molar-refractivity contribution in [1.29, 1.82) is 0 Å². The number of halogens is 2. The van der Waals surface area contributed by atoms with Crippen molar-refractivity contribution >= 4 is 21.8 Å². The van der Waals surface area contributed by atoms with E-state index in [9.17, 15) is 26.8 Å². The van der Waals surface area contributed by atoms with Gasteiger partial charge in [-0.05, 0) is 38.0 Å². The molecule has 8 nitrogen and oxygen atoms in total. The van der Waals surface area contributed by atoms with Crippen LogP contribution in [-0.2, 0) is 19.4 Å². The van der Waals surface area contributed by atoms with Crippen LogP contribution in [-0.4, -0.2) is 56.1 Å². The number of carbonyl (C=O) groups is 2. The maximum Gasteiger partial charge on any atom is 0.387 e. The molecule has 11 heteroatoms. The van der Waals surface area contributed by atoms with Gasteiger partial charge in [0.1, 0.15) is 5.75 Å². The first-order valence-electron chi connectivity index (χ1n) is 9.35. The van der Waals surface area contributed by atoms with E-state index in [0.29, 0.717) is 11.3 Å². The number of hydrogen-bond donors (Lipinski definition) is 1. The molecule has 2 heterocycles. The van der Waals surface area contributed by atoms with E-state index >= 15 is 0 Å². The topological polar surface area (TPSA) is 102 Å². The molecule has 0 aliphatic carbocycles. The van der Waals surface area contributed by atoms with Crippen molar-refractivity contribution in [3.63, 3.8) is 0 Å². The van der Waals surface area contributed by atoms with E-state index in [0.717, 1.165) is 0 Å². The summed E-state index contributed by atoms with van der Waals surface area (Å²) in [5.41, 5.74) is 0.923. The molecule has 1 fully saturated rings. The van der Waals surface area contributed by atoms with Gasteiger partial charge in [-0.2, -0.15) is 8.78 Å². The minimum absolute atomic E-state index is 0.0293. The fourth-order valence-electron chi connectivity index (χ4n) is 3.74. The van der Waals surface area contributed by atoms with E-state index < -0.39 is 40.5 Å². The van der Waals surface area contributed by atoms with Crippen molar-refractivity contribution in [2.75, 3.05) is 18.1 Å². The molecule has 0 aromatic heterocycles. The molecule has 30 heavy (non-hydrogen) atoms. The molecule has 0 saturated carbocycles. The lowest BCUT2D eigenvalue weighted by Crippen LogP contribution is -2.52. The van der Waals surface area contributed by atoms with Crippen LogP contribution in [0.1, 0.15) is 31.9 Å². The summed E-state index contributed by atoms with van der Waals surface area (Å²) in [6.45, 7) is 0.341. The molecule has 2 aliphatic rings. The SMILES string of the molecule is CCOC(=O)C1=C(C)N([C@@H]2CCS(=O)(=O)C2)C(=O)N[C@H]1c1ccc(OC(F)F)cc1. The highest BCUT2D eigenvalue weighted by atomic mass is 32.2. The number of alkyl halides is 2. The van der Waals surface area contributed by atoms with Crippen LogP contribution in [0.4, 0.5) is 13.6 Å². The van der Waals surface area contributed by atoms with Crippen LogP contribution in [0.3, 0.4) is 0 Å². The maximum atomic E-state index is 12.8. The van der Waals surface area contributed by atoms with Crippen LogP contribution in [0.25, 0.3) is 0 Å². The number of amides is 2. The van der Waals surface area contributed by atoms with Gasteiger partial charge in [-0.25, -0.2) is 18.0 Å². The zero-order chi connectivity index (χ0) is 22.1.